The molecule has 0 aromatic heterocycles. The van der Waals surface area contributed by atoms with Gasteiger partial charge >= 0.3 is 0 Å². The highest BCUT2D eigenvalue weighted by atomic mass is 35.5. The second-order valence-corrected chi connectivity index (χ2v) is 5.65. The number of halogens is 1. The van der Waals surface area contributed by atoms with Gasteiger partial charge in [-0.25, -0.2) is 0 Å². The third-order valence-corrected chi connectivity index (χ3v) is 3.92. The minimum Gasteiger partial charge on any atom is -0.376 e. The van der Waals surface area contributed by atoms with Crippen molar-refractivity contribution in [1.29, 1.82) is 0 Å². The van der Waals surface area contributed by atoms with Gasteiger partial charge in [0.2, 0.25) is 0 Å². The normalized spacial score (nSPS) is 28.6. The Hall–Kier alpha value is -0.360. The highest BCUT2D eigenvalue weighted by Gasteiger charge is 2.26. The molecule has 5 nitrogen and oxygen atoms in total. The number of carbonyl (C=O) groups is 1. The molecule has 0 spiro atoms. The third kappa shape index (κ3) is 5.20. The van der Waals surface area contributed by atoms with E-state index in [-0.39, 0.29) is 30.5 Å². The average Bonchev–Trinajstić information content (AvgIpc) is 2.45. The lowest BCUT2D eigenvalue weighted by Crippen LogP contribution is -2.49. The number of nitrogens with zero attached hydrogens (tertiary/aromatic N) is 1. The molecule has 2 aliphatic rings. The van der Waals surface area contributed by atoms with Crippen LogP contribution < -0.4 is 5.73 Å². The molecule has 2 aliphatic heterocycles. The lowest BCUT2D eigenvalue weighted by Gasteiger charge is -2.33. The van der Waals surface area contributed by atoms with Gasteiger partial charge < -0.3 is 20.1 Å². The zero-order valence-corrected chi connectivity index (χ0v) is 13.1. The quantitative estimate of drug-likeness (QED) is 0.851. The summed E-state index contributed by atoms with van der Waals surface area (Å²) in [5.74, 6) is 0.0611. The highest BCUT2D eigenvalue weighted by Crippen LogP contribution is 2.15. The molecule has 118 valence electrons. The Kier molecular flexibility index (Phi) is 7.80. The van der Waals surface area contributed by atoms with Crippen molar-refractivity contribution in [3.05, 3.63) is 0 Å². The Bertz CT molecular complexity index is 298. The van der Waals surface area contributed by atoms with Gasteiger partial charge in [0.15, 0.2) is 0 Å². The van der Waals surface area contributed by atoms with Crippen molar-refractivity contribution in [2.75, 3.05) is 26.3 Å². The van der Waals surface area contributed by atoms with E-state index in [1.807, 2.05) is 11.8 Å². The van der Waals surface area contributed by atoms with Crippen LogP contribution in [-0.4, -0.2) is 55.4 Å². The monoisotopic (exact) mass is 306 g/mol. The van der Waals surface area contributed by atoms with Crippen LogP contribution in [0.1, 0.15) is 39.0 Å². The van der Waals surface area contributed by atoms with Crippen molar-refractivity contribution in [2.45, 2.75) is 57.3 Å². The first-order chi connectivity index (χ1) is 9.16. The zero-order valence-electron chi connectivity index (χ0n) is 12.3. The fourth-order valence-electron chi connectivity index (χ4n) is 2.73. The Labute approximate surface area is 127 Å². The van der Waals surface area contributed by atoms with Crippen LogP contribution in [0.15, 0.2) is 0 Å². The Morgan fingerprint density at radius 2 is 2.20 bits per heavy atom. The van der Waals surface area contributed by atoms with Gasteiger partial charge in [-0.2, -0.15) is 0 Å². The van der Waals surface area contributed by atoms with E-state index in [1.54, 1.807) is 0 Å². The minimum absolute atomic E-state index is 0. The fraction of sp³-hybridized carbons (Fsp3) is 0.929. The first kappa shape index (κ1) is 17.7. The molecule has 2 heterocycles. The number of likely N-dealkylation sites (tertiary alicyclic amines) is 1. The number of piperidine rings is 1. The predicted molar refractivity (Wildman–Crippen MR) is 80.0 cm³/mol. The molecule has 2 saturated heterocycles. The summed E-state index contributed by atoms with van der Waals surface area (Å²) in [5, 5.41) is 0. The van der Waals surface area contributed by atoms with Crippen molar-refractivity contribution in [2.24, 2.45) is 5.73 Å². The van der Waals surface area contributed by atoms with Crippen LogP contribution in [0.4, 0.5) is 0 Å². The molecule has 6 heteroatoms. The standard InChI is InChI=1S/C14H26N2O3.ClH/c1-11(19-10-13-6-2-3-8-18-13)14(17)16-7-4-5-12(15)9-16;/h11-13H,2-10,15H2,1H3;1H. The summed E-state index contributed by atoms with van der Waals surface area (Å²) in [4.78, 5) is 14.1. The minimum atomic E-state index is -0.393. The second-order valence-electron chi connectivity index (χ2n) is 5.65. The van der Waals surface area contributed by atoms with Crippen LogP contribution in [0.3, 0.4) is 0 Å². The number of rotatable bonds is 4. The average molecular weight is 307 g/mol. The van der Waals surface area contributed by atoms with Gasteiger partial charge in [-0.3, -0.25) is 4.79 Å². The van der Waals surface area contributed by atoms with Crippen LogP contribution in [0.25, 0.3) is 0 Å². The molecular weight excluding hydrogens is 280 g/mol. The molecule has 2 fully saturated rings. The summed E-state index contributed by atoms with van der Waals surface area (Å²) in [5.41, 5.74) is 5.90. The van der Waals surface area contributed by atoms with E-state index in [2.05, 4.69) is 0 Å². The molecule has 3 atom stereocenters. The molecule has 0 radical (unpaired) electrons. The summed E-state index contributed by atoms with van der Waals surface area (Å²) in [6, 6.07) is 0.117. The number of ether oxygens (including phenoxy) is 2. The maximum absolute atomic E-state index is 12.2. The molecule has 2 N–H and O–H groups in total. The maximum Gasteiger partial charge on any atom is 0.251 e. The van der Waals surface area contributed by atoms with Crippen molar-refractivity contribution < 1.29 is 14.3 Å². The van der Waals surface area contributed by atoms with Gasteiger partial charge in [0.05, 0.1) is 12.7 Å². The SMILES string of the molecule is CC(OCC1CCCCO1)C(=O)N1CCCC(N)C1.Cl. The van der Waals surface area contributed by atoms with E-state index < -0.39 is 6.10 Å². The van der Waals surface area contributed by atoms with Gasteiger partial charge in [0.1, 0.15) is 6.10 Å². The summed E-state index contributed by atoms with van der Waals surface area (Å²) in [6.45, 7) is 4.63. The summed E-state index contributed by atoms with van der Waals surface area (Å²) < 4.78 is 11.3. The number of hydrogen-bond acceptors (Lipinski definition) is 4. The van der Waals surface area contributed by atoms with Gasteiger partial charge in [0.25, 0.3) is 5.91 Å². The van der Waals surface area contributed by atoms with Gasteiger partial charge in [0, 0.05) is 25.7 Å². The van der Waals surface area contributed by atoms with Crippen LogP contribution in [0, 0.1) is 0 Å². The van der Waals surface area contributed by atoms with Gasteiger partial charge in [-0.15, -0.1) is 12.4 Å². The predicted octanol–water partition coefficient (Wildman–Crippen LogP) is 1.33. The smallest absolute Gasteiger partial charge is 0.251 e. The van der Waals surface area contributed by atoms with E-state index in [4.69, 9.17) is 15.2 Å². The van der Waals surface area contributed by atoms with Crippen LogP contribution in [0.5, 0.6) is 0 Å². The van der Waals surface area contributed by atoms with Crippen LogP contribution >= 0.6 is 12.4 Å². The summed E-state index contributed by atoms with van der Waals surface area (Å²) >= 11 is 0. The highest BCUT2D eigenvalue weighted by molar-refractivity contribution is 5.85. The van der Waals surface area contributed by atoms with Crippen LogP contribution in [0.2, 0.25) is 0 Å². The van der Waals surface area contributed by atoms with Gasteiger partial charge in [-0.1, -0.05) is 0 Å². The topological polar surface area (TPSA) is 64.8 Å². The maximum atomic E-state index is 12.2. The summed E-state index contributed by atoms with van der Waals surface area (Å²) in [6.07, 6.45) is 5.13. The van der Waals surface area contributed by atoms with E-state index in [1.165, 1.54) is 6.42 Å². The third-order valence-electron chi connectivity index (χ3n) is 3.92. The molecule has 0 bridgehead atoms. The molecule has 0 aliphatic carbocycles. The Morgan fingerprint density at radius 1 is 1.40 bits per heavy atom. The molecule has 3 unspecified atom stereocenters. The van der Waals surface area contributed by atoms with E-state index in [0.29, 0.717) is 13.2 Å². The van der Waals surface area contributed by atoms with Crippen molar-refractivity contribution in [3.63, 3.8) is 0 Å². The van der Waals surface area contributed by atoms with E-state index >= 15 is 0 Å². The molecule has 20 heavy (non-hydrogen) atoms. The molecule has 0 aromatic rings. The van der Waals surface area contributed by atoms with E-state index in [9.17, 15) is 4.79 Å². The first-order valence-corrected chi connectivity index (χ1v) is 7.44. The largest absolute Gasteiger partial charge is 0.376 e. The van der Waals surface area contributed by atoms with Crippen molar-refractivity contribution in [3.8, 4) is 0 Å². The Balaban J connectivity index is 0.00000200. The van der Waals surface area contributed by atoms with Crippen molar-refractivity contribution >= 4 is 18.3 Å². The van der Waals surface area contributed by atoms with Crippen molar-refractivity contribution in [1.82, 2.24) is 4.90 Å². The lowest BCUT2D eigenvalue weighted by atomic mass is 10.1. The fourth-order valence-corrected chi connectivity index (χ4v) is 2.73. The zero-order chi connectivity index (χ0) is 13.7. The molecular formula is C14H27ClN2O3. The van der Waals surface area contributed by atoms with Gasteiger partial charge in [-0.05, 0) is 39.0 Å². The molecule has 1 amide bonds. The molecule has 0 saturated carbocycles. The lowest BCUT2D eigenvalue weighted by molar-refractivity contribution is -0.147. The number of nitrogens with two attached hydrogens (primary N) is 1. The molecule has 2 rings (SSSR count). The number of amides is 1. The van der Waals surface area contributed by atoms with Crippen LogP contribution in [-0.2, 0) is 14.3 Å². The van der Waals surface area contributed by atoms with E-state index in [0.717, 1.165) is 38.8 Å². The first-order valence-electron chi connectivity index (χ1n) is 7.44. The number of carbonyl (C=O) groups excluding carboxylic acids is 1. The molecule has 0 aromatic carbocycles. The Morgan fingerprint density at radius 3 is 2.85 bits per heavy atom. The second kappa shape index (κ2) is 8.82. The number of hydrogen-bond donors (Lipinski definition) is 1. The summed E-state index contributed by atoms with van der Waals surface area (Å²) in [7, 11) is 0.